The van der Waals surface area contributed by atoms with E-state index in [9.17, 15) is 9.59 Å². The van der Waals surface area contributed by atoms with Gasteiger partial charge < -0.3 is 20.5 Å². The van der Waals surface area contributed by atoms with E-state index in [-0.39, 0.29) is 17.7 Å². The van der Waals surface area contributed by atoms with E-state index in [2.05, 4.69) is 44.3 Å². The third-order valence-corrected chi connectivity index (χ3v) is 7.04. The summed E-state index contributed by atoms with van der Waals surface area (Å²) in [6, 6.07) is 22.8. The van der Waals surface area contributed by atoms with Gasteiger partial charge >= 0.3 is 0 Å². The van der Waals surface area contributed by atoms with Crippen LogP contribution in [0.2, 0.25) is 0 Å². The zero-order chi connectivity index (χ0) is 26.3. The minimum absolute atomic E-state index is 0.0827. The maximum Gasteiger partial charge on any atom is 0.249 e. The number of benzene rings is 3. The zero-order valence-electron chi connectivity index (χ0n) is 21.5. The number of rotatable bonds is 9. The third-order valence-electron chi connectivity index (χ3n) is 7.04. The lowest BCUT2D eigenvalue weighted by Gasteiger charge is -2.26. The molecule has 8 nitrogen and oxygen atoms in total. The van der Waals surface area contributed by atoms with Gasteiger partial charge in [-0.05, 0) is 54.8 Å². The summed E-state index contributed by atoms with van der Waals surface area (Å²) in [7, 11) is 0. The van der Waals surface area contributed by atoms with Crippen LogP contribution in [0, 0.1) is 12.8 Å². The molecule has 2 amide bonds. The predicted molar refractivity (Wildman–Crippen MR) is 145 cm³/mol. The van der Waals surface area contributed by atoms with Crippen LogP contribution in [0.3, 0.4) is 0 Å². The molecular weight excluding hydrogens is 478 g/mol. The van der Waals surface area contributed by atoms with E-state index in [0.717, 1.165) is 47.8 Å². The number of piperidine rings is 1. The Bertz CT molecular complexity index is 1380. The molecule has 8 heteroatoms. The van der Waals surface area contributed by atoms with Gasteiger partial charge in [-0.25, -0.2) is 0 Å². The number of fused-ring (bicyclic) bond motifs is 1. The number of carbonyl (C=O) groups excluding carboxylic acids is 2. The first-order valence-electron chi connectivity index (χ1n) is 13.2. The van der Waals surface area contributed by atoms with Crippen LogP contribution in [0.25, 0.3) is 10.8 Å². The fourth-order valence-corrected chi connectivity index (χ4v) is 4.96. The summed E-state index contributed by atoms with van der Waals surface area (Å²) in [4.78, 5) is 31.4. The van der Waals surface area contributed by atoms with Crippen LogP contribution in [-0.4, -0.2) is 41.1 Å². The molecule has 1 fully saturated rings. The minimum atomic E-state index is -0.749. The van der Waals surface area contributed by atoms with Crippen molar-refractivity contribution in [2.45, 2.75) is 44.7 Å². The molecule has 1 aliphatic heterocycles. The fraction of sp³-hybridized carbons (Fsp3) is 0.333. The summed E-state index contributed by atoms with van der Waals surface area (Å²) in [6.45, 7) is 3.35. The number of nitrogens with zero attached hydrogens (tertiary/aromatic N) is 2. The first-order chi connectivity index (χ1) is 18.5. The number of hydrogen-bond donors (Lipinski definition) is 3. The number of nitrogens with one attached hydrogen (secondary N) is 3. The number of aromatic nitrogens is 2. The maximum atomic E-state index is 13.8. The minimum Gasteiger partial charge on any atom is -0.344 e. The van der Waals surface area contributed by atoms with Crippen molar-refractivity contribution >= 4 is 22.6 Å². The molecule has 2 atom stereocenters. The number of aryl methyl sites for hydroxylation is 1. The van der Waals surface area contributed by atoms with Gasteiger partial charge in [0.1, 0.15) is 12.1 Å². The Balaban J connectivity index is 1.39. The van der Waals surface area contributed by atoms with Crippen LogP contribution < -0.4 is 16.0 Å². The zero-order valence-corrected chi connectivity index (χ0v) is 21.5. The Labute approximate surface area is 222 Å². The molecule has 0 aliphatic carbocycles. The highest BCUT2D eigenvalue weighted by Crippen LogP contribution is 2.20. The number of carbonyl (C=O) groups is 2. The largest absolute Gasteiger partial charge is 0.344 e. The van der Waals surface area contributed by atoms with E-state index in [1.165, 1.54) is 0 Å². The molecule has 38 heavy (non-hydrogen) atoms. The number of hydrogen-bond acceptors (Lipinski definition) is 6. The molecule has 0 bridgehead atoms. The normalized spacial score (nSPS) is 15.6. The fourth-order valence-electron chi connectivity index (χ4n) is 4.96. The second kappa shape index (κ2) is 12.0. The molecule has 0 radical (unpaired) electrons. The molecule has 0 saturated carbocycles. The first-order valence-corrected chi connectivity index (χ1v) is 13.2. The van der Waals surface area contributed by atoms with Crippen LogP contribution in [0.1, 0.15) is 41.7 Å². The molecule has 0 spiro atoms. The van der Waals surface area contributed by atoms with Crippen LogP contribution in [0.15, 0.2) is 77.3 Å². The van der Waals surface area contributed by atoms with Crippen molar-refractivity contribution < 1.29 is 14.1 Å². The van der Waals surface area contributed by atoms with E-state index in [1.54, 1.807) is 6.92 Å². The van der Waals surface area contributed by atoms with Gasteiger partial charge in [0.25, 0.3) is 0 Å². The molecule has 5 rings (SSSR count). The summed E-state index contributed by atoms with van der Waals surface area (Å²) < 4.78 is 5.45. The summed E-state index contributed by atoms with van der Waals surface area (Å²) in [6.07, 6.45) is 2.37. The molecular formula is C30H33N5O3. The van der Waals surface area contributed by atoms with E-state index >= 15 is 0 Å². The molecule has 3 aromatic carbocycles. The maximum absolute atomic E-state index is 13.8. The standard InChI is InChI=1S/C30H33N5O3/c1-20-32-30(38-35-20)27(18-21-7-3-2-4-8-21)34-29(37)26(33-28(36)24-13-15-31-16-14-24)19-22-11-12-23-9-5-6-10-25(23)17-22/h2-12,17,24,26-27,31H,13-16,18-19H2,1H3,(H,33,36)(H,34,37)/t26?,27-/m1/s1. The first kappa shape index (κ1) is 25.6. The molecule has 4 aromatic rings. The van der Waals surface area contributed by atoms with Gasteiger partial charge in [-0.15, -0.1) is 0 Å². The molecule has 1 unspecified atom stereocenters. The smallest absolute Gasteiger partial charge is 0.249 e. The summed E-state index contributed by atoms with van der Waals surface area (Å²) in [5, 5.41) is 15.6. The van der Waals surface area contributed by atoms with Crippen LogP contribution in [0.5, 0.6) is 0 Å². The Hall–Kier alpha value is -4.04. The molecule has 1 saturated heterocycles. The molecule has 196 valence electrons. The van der Waals surface area contributed by atoms with E-state index in [1.807, 2.05) is 54.6 Å². The average molecular weight is 512 g/mol. The second-order valence-corrected chi connectivity index (χ2v) is 9.90. The van der Waals surface area contributed by atoms with Crippen molar-refractivity contribution in [1.29, 1.82) is 0 Å². The second-order valence-electron chi connectivity index (χ2n) is 9.90. The highest BCUT2D eigenvalue weighted by molar-refractivity contribution is 5.89. The Morgan fingerprint density at radius 1 is 0.921 bits per heavy atom. The summed E-state index contributed by atoms with van der Waals surface area (Å²) in [5.74, 6) is 0.368. The SMILES string of the molecule is Cc1noc([C@@H](Cc2ccccc2)NC(=O)C(Cc2ccc3ccccc3c2)NC(=O)C2CCNCC2)n1. The van der Waals surface area contributed by atoms with E-state index < -0.39 is 12.1 Å². The lowest BCUT2D eigenvalue weighted by molar-refractivity contribution is -0.132. The molecule has 1 aliphatic rings. The van der Waals surface area contributed by atoms with Crippen molar-refractivity contribution in [2.24, 2.45) is 5.92 Å². The monoisotopic (exact) mass is 511 g/mol. The summed E-state index contributed by atoms with van der Waals surface area (Å²) in [5.41, 5.74) is 2.00. The average Bonchev–Trinajstić information content (AvgIpc) is 3.39. The van der Waals surface area contributed by atoms with Gasteiger partial charge in [-0.2, -0.15) is 4.98 Å². The quantitative estimate of drug-likeness (QED) is 0.317. The van der Waals surface area contributed by atoms with Crippen LogP contribution in [0.4, 0.5) is 0 Å². The van der Waals surface area contributed by atoms with Gasteiger partial charge in [0.05, 0.1) is 0 Å². The van der Waals surface area contributed by atoms with Crippen molar-refractivity contribution in [2.75, 3.05) is 13.1 Å². The summed E-state index contributed by atoms with van der Waals surface area (Å²) >= 11 is 0. The van der Waals surface area contributed by atoms with Crippen molar-refractivity contribution in [3.05, 3.63) is 95.6 Å². The topological polar surface area (TPSA) is 109 Å². The Kier molecular flexibility index (Phi) is 8.09. The molecule has 1 aromatic heterocycles. The lowest BCUT2D eigenvalue weighted by atomic mass is 9.95. The van der Waals surface area contributed by atoms with Crippen molar-refractivity contribution in [1.82, 2.24) is 26.1 Å². The van der Waals surface area contributed by atoms with E-state index in [0.29, 0.717) is 24.6 Å². The Morgan fingerprint density at radius 3 is 2.39 bits per heavy atom. The van der Waals surface area contributed by atoms with E-state index in [4.69, 9.17) is 4.52 Å². The van der Waals surface area contributed by atoms with Gasteiger partial charge in [-0.1, -0.05) is 78.0 Å². The third kappa shape index (κ3) is 6.44. The van der Waals surface area contributed by atoms with Gasteiger partial charge in [0.2, 0.25) is 17.7 Å². The van der Waals surface area contributed by atoms with Gasteiger partial charge in [0.15, 0.2) is 5.82 Å². The van der Waals surface area contributed by atoms with Gasteiger partial charge in [0, 0.05) is 18.8 Å². The van der Waals surface area contributed by atoms with Crippen molar-refractivity contribution in [3.63, 3.8) is 0 Å². The number of amides is 2. The predicted octanol–water partition coefficient (Wildman–Crippen LogP) is 3.66. The van der Waals surface area contributed by atoms with Gasteiger partial charge in [-0.3, -0.25) is 9.59 Å². The molecule has 3 N–H and O–H groups in total. The van der Waals surface area contributed by atoms with Crippen LogP contribution in [-0.2, 0) is 22.4 Å². The highest BCUT2D eigenvalue weighted by atomic mass is 16.5. The lowest BCUT2D eigenvalue weighted by Crippen LogP contribution is -2.51. The van der Waals surface area contributed by atoms with Crippen LogP contribution >= 0.6 is 0 Å². The Morgan fingerprint density at radius 2 is 1.66 bits per heavy atom. The van der Waals surface area contributed by atoms with Crippen molar-refractivity contribution in [3.8, 4) is 0 Å². The molecule has 2 heterocycles. The highest BCUT2D eigenvalue weighted by Gasteiger charge is 2.30.